The fourth-order valence-electron chi connectivity index (χ4n) is 3.71. The summed E-state index contributed by atoms with van der Waals surface area (Å²) in [6, 6.07) is 26.9. The lowest BCUT2D eigenvalue weighted by Crippen LogP contribution is -2.50. The highest BCUT2D eigenvalue weighted by Crippen LogP contribution is 2.22. The molecular formula is C28H31ClN2O2S. The Morgan fingerprint density at radius 3 is 2.15 bits per heavy atom. The molecule has 0 saturated heterocycles. The molecule has 1 N–H and O–H groups in total. The number of carbonyl (C=O) groups excluding carboxylic acids is 2. The predicted octanol–water partition coefficient (Wildman–Crippen LogP) is 5.99. The van der Waals surface area contributed by atoms with Crippen LogP contribution in [0.15, 0.2) is 89.8 Å². The maximum Gasteiger partial charge on any atom is 0.243 e. The van der Waals surface area contributed by atoms with E-state index in [0.717, 1.165) is 28.2 Å². The normalized spacial score (nSPS) is 11.6. The van der Waals surface area contributed by atoms with Gasteiger partial charge < -0.3 is 10.2 Å². The summed E-state index contributed by atoms with van der Waals surface area (Å²) in [5, 5.41) is 3.65. The van der Waals surface area contributed by atoms with Crippen LogP contribution in [0.2, 0.25) is 5.02 Å². The van der Waals surface area contributed by atoms with E-state index in [1.54, 1.807) is 16.7 Å². The van der Waals surface area contributed by atoms with Gasteiger partial charge in [-0.2, -0.15) is 0 Å². The van der Waals surface area contributed by atoms with Gasteiger partial charge in [-0.25, -0.2) is 0 Å². The van der Waals surface area contributed by atoms with Crippen molar-refractivity contribution in [1.29, 1.82) is 0 Å². The lowest BCUT2D eigenvalue weighted by atomic mass is 10.0. The van der Waals surface area contributed by atoms with Crippen molar-refractivity contribution in [3.63, 3.8) is 0 Å². The van der Waals surface area contributed by atoms with Gasteiger partial charge in [0.2, 0.25) is 11.8 Å². The highest BCUT2D eigenvalue weighted by Gasteiger charge is 2.29. The van der Waals surface area contributed by atoms with Crippen molar-refractivity contribution in [3.8, 4) is 0 Å². The van der Waals surface area contributed by atoms with Crippen LogP contribution in [-0.4, -0.2) is 35.1 Å². The number of amides is 2. The Balaban J connectivity index is 1.73. The fourth-order valence-corrected chi connectivity index (χ4v) is 4.69. The summed E-state index contributed by atoms with van der Waals surface area (Å²) in [4.78, 5) is 29.4. The van der Waals surface area contributed by atoms with Crippen LogP contribution >= 0.6 is 23.4 Å². The monoisotopic (exact) mass is 494 g/mol. The molecule has 2 amide bonds. The molecule has 6 heteroatoms. The summed E-state index contributed by atoms with van der Waals surface area (Å²) in [5.74, 6) is 0.691. The van der Waals surface area contributed by atoms with Crippen LogP contribution in [0.25, 0.3) is 0 Å². The average Bonchev–Trinajstić information content (AvgIpc) is 2.86. The van der Waals surface area contributed by atoms with Gasteiger partial charge in [0.15, 0.2) is 0 Å². The summed E-state index contributed by atoms with van der Waals surface area (Å²) in [6.07, 6.45) is 1.59. The van der Waals surface area contributed by atoms with Gasteiger partial charge in [0.1, 0.15) is 6.04 Å². The highest BCUT2D eigenvalue weighted by molar-refractivity contribution is 7.99. The van der Waals surface area contributed by atoms with E-state index in [4.69, 9.17) is 11.6 Å². The van der Waals surface area contributed by atoms with E-state index < -0.39 is 6.04 Å². The first kappa shape index (κ1) is 25.9. The molecule has 1 atom stereocenters. The molecule has 0 heterocycles. The smallest absolute Gasteiger partial charge is 0.243 e. The van der Waals surface area contributed by atoms with Gasteiger partial charge in [0, 0.05) is 35.8 Å². The number of nitrogens with zero attached hydrogens (tertiary/aromatic N) is 1. The van der Waals surface area contributed by atoms with Crippen molar-refractivity contribution in [2.75, 3.05) is 12.3 Å². The first-order valence-corrected chi connectivity index (χ1v) is 13.0. The van der Waals surface area contributed by atoms with Crippen molar-refractivity contribution in [2.45, 2.75) is 43.7 Å². The summed E-state index contributed by atoms with van der Waals surface area (Å²) in [6.45, 7) is 2.82. The number of carbonyl (C=O) groups is 2. The number of hydrogen-bond donors (Lipinski definition) is 1. The number of thioether (sulfide) groups is 1. The predicted molar refractivity (Wildman–Crippen MR) is 141 cm³/mol. The molecule has 0 aromatic heterocycles. The van der Waals surface area contributed by atoms with Crippen molar-refractivity contribution in [3.05, 3.63) is 101 Å². The van der Waals surface area contributed by atoms with E-state index in [2.05, 4.69) is 5.32 Å². The molecule has 3 rings (SSSR count). The van der Waals surface area contributed by atoms with E-state index in [1.165, 1.54) is 0 Å². The van der Waals surface area contributed by atoms with Gasteiger partial charge in [0.05, 0.1) is 0 Å². The molecule has 0 aliphatic heterocycles. The number of nitrogens with one attached hydrogen (secondary N) is 1. The molecule has 0 fully saturated rings. The number of benzene rings is 3. The molecule has 0 bridgehead atoms. The number of halogens is 1. The lowest BCUT2D eigenvalue weighted by Gasteiger charge is -2.31. The Labute approximate surface area is 211 Å². The van der Waals surface area contributed by atoms with E-state index in [-0.39, 0.29) is 11.8 Å². The second-order valence-electron chi connectivity index (χ2n) is 8.01. The van der Waals surface area contributed by atoms with Gasteiger partial charge in [-0.3, -0.25) is 9.59 Å². The van der Waals surface area contributed by atoms with E-state index in [9.17, 15) is 9.59 Å². The largest absolute Gasteiger partial charge is 0.355 e. The Kier molecular flexibility index (Phi) is 10.5. The molecular weight excluding hydrogens is 464 g/mol. The second-order valence-corrected chi connectivity index (χ2v) is 9.62. The molecule has 3 aromatic carbocycles. The van der Waals surface area contributed by atoms with Crippen LogP contribution in [0.3, 0.4) is 0 Å². The summed E-state index contributed by atoms with van der Waals surface area (Å²) in [7, 11) is 0. The number of hydrogen-bond acceptors (Lipinski definition) is 3. The Hall–Kier alpha value is -2.76. The molecule has 178 valence electrons. The molecule has 0 aliphatic rings. The van der Waals surface area contributed by atoms with Crippen LogP contribution in [0, 0.1) is 0 Å². The highest BCUT2D eigenvalue weighted by atomic mass is 35.5. The molecule has 3 aromatic rings. The Morgan fingerprint density at radius 1 is 0.912 bits per heavy atom. The SMILES string of the molecule is CCNC(=O)[C@@H](Cc1ccccc1)N(Cc1ccccc1)C(=O)CCCSc1ccc(Cl)cc1. The molecule has 0 aliphatic carbocycles. The Bertz CT molecular complexity index is 1030. The van der Waals surface area contributed by atoms with Crippen LogP contribution in [0.1, 0.15) is 30.9 Å². The zero-order valence-corrected chi connectivity index (χ0v) is 21.0. The number of likely N-dealkylation sites (N-methyl/N-ethyl adjacent to an activating group) is 1. The summed E-state index contributed by atoms with van der Waals surface area (Å²) >= 11 is 7.66. The minimum Gasteiger partial charge on any atom is -0.355 e. The molecule has 0 saturated carbocycles. The summed E-state index contributed by atoms with van der Waals surface area (Å²) < 4.78 is 0. The first-order valence-electron chi connectivity index (χ1n) is 11.6. The first-order chi connectivity index (χ1) is 16.6. The van der Waals surface area contributed by atoms with Crippen molar-refractivity contribution in [2.24, 2.45) is 0 Å². The van der Waals surface area contributed by atoms with Gasteiger partial charge in [0.25, 0.3) is 0 Å². The maximum atomic E-state index is 13.5. The fraction of sp³-hybridized carbons (Fsp3) is 0.286. The van der Waals surface area contributed by atoms with Gasteiger partial charge in [-0.15, -0.1) is 11.8 Å². The van der Waals surface area contributed by atoms with Crippen LogP contribution in [0.4, 0.5) is 0 Å². The number of rotatable bonds is 12. The zero-order valence-electron chi connectivity index (χ0n) is 19.5. The van der Waals surface area contributed by atoms with Gasteiger partial charge in [-0.05, 0) is 54.5 Å². The zero-order chi connectivity index (χ0) is 24.2. The lowest BCUT2D eigenvalue weighted by molar-refractivity contribution is -0.141. The third-order valence-electron chi connectivity index (χ3n) is 5.44. The molecule has 34 heavy (non-hydrogen) atoms. The maximum absolute atomic E-state index is 13.5. The van der Waals surface area contributed by atoms with Crippen molar-refractivity contribution >= 4 is 35.2 Å². The third-order valence-corrected chi connectivity index (χ3v) is 6.79. The van der Waals surface area contributed by atoms with E-state index >= 15 is 0 Å². The quantitative estimate of drug-likeness (QED) is 0.248. The van der Waals surface area contributed by atoms with Crippen LogP contribution in [0.5, 0.6) is 0 Å². The molecule has 4 nitrogen and oxygen atoms in total. The third kappa shape index (κ3) is 8.23. The minimum atomic E-state index is -0.570. The minimum absolute atomic E-state index is 0.00672. The van der Waals surface area contributed by atoms with Crippen LogP contribution in [-0.2, 0) is 22.6 Å². The Morgan fingerprint density at radius 2 is 1.53 bits per heavy atom. The topological polar surface area (TPSA) is 49.4 Å². The van der Waals surface area contributed by atoms with Crippen molar-refractivity contribution in [1.82, 2.24) is 10.2 Å². The second kappa shape index (κ2) is 13.8. The van der Waals surface area contributed by atoms with Gasteiger partial charge >= 0.3 is 0 Å². The van der Waals surface area contributed by atoms with Gasteiger partial charge in [-0.1, -0.05) is 72.3 Å². The molecule has 0 unspecified atom stereocenters. The van der Waals surface area contributed by atoms with E-state index in [1.807, 2.05) is 91.9 Å². The standard InChI is InChI=1S/C28H31ClN2O2S/c1-2-30-28(33)26(20-22-10-5-3-6-11-22)31(21-23-12-7-4-8-13-23)27(32)14-9-19-34-25-17-15-24(29)16-18-25/h3-8,10-13,15-18,26H,2,9,14,19-21H2,1H3,(H,30,33)/t26-/m1/s1. The van der Waals surface area contributed by atoms with Crippen LogP contribution < -0.4 is 5.32 Å². The molecule has 0 spiro atoms. The van der Waals surface area contributed by atoms with Crippen molar-refractivity contribution < 1.29 is 9.59 Å². The summed E-state index contributed by atoms with van der Waals surface area (Å²) in [5.41, 5.74) is 2.04. The molecule has 0 radical (unpaired) electrons. The van der Waals surface area contributed by atoms with E-state index in [0.29, 0.717) is 31.0 Å². The average molecular weight is 495 g/mol.